The molecule has 1 saturated heterocycles. The first-order valence-corrected chi connectivity index (χ1v) is 8.41. The molecule has 3 aliphatic rings. The number of amides is 1. The minimum atomic E-state index is -0.0474. The van der Waals surface area contributed by atoms with E-state index in [0.29, 0.717) is 30.0 Å². The van der Waals surface area contributed by atoms with E-state index in [2.05, 4.69) is 15.4 Å². The van der Waals surface area contributed by atoms with Gasteiger partial charge in [0.2, 0.25) is 0 Å². The predicted octanol–water partition coefficient (Wildman–Crippen LogP) is 1.94. The summed E-state index contributed by atoms with van der Waals surface area (Å²) in [4.78, 5) is 19.2. The molecule has 0 unspecified atom stereocenters. The fraction of sp³-hybridized carbons (Fsp3) is 0.625. The smallest absolute Gasteiger partial charge is 0.276 e. The number of carbonyl (C=O) groups is 1. The molecule has 1 amide bonds. The number of aromatic nitrogens is 4. The number of rotatable bonds is 4. The zero-order chi connectivity index (χ0) is 15.4. The molecular weight excluding hydrogens is 294 g/mol. The first-order chi connectivity index (χ1) is 11.3. The minimum absolute atomic E-state index is 0.0474. The van der Waals surface area contributed by atoms with Crippen molar-refractivity contribution in [2.24, 2.45) is 11.8 Å². The highest BCUT2D eigenvalue weighted by molar-refractivity contribution is 5.92. The standard InChI is InChI=1S/C16H19N5O2/c22-16(13-5-6-23-20-13)21-7-11(9-1-2-9)12(8-21)15-17-14(18-19-15)10-3-4-10/h5-6,9-12H,1-4,7-8H2,(H,17,18,19)/t11-,12+/m1/s1. The zero-order valence-electron chi connectivity index (χ0n) is 12.8. The fourth-order valence-corrected chi connectivity index (χ4v) is 3.75. The van der Waals surface area contributed by atoms with Crippen LogP contribution in [0.4, 0.5) is 0 Å². The maximum Gasteiger partial charge on any atom is 0.276 e. The number of carbonyl (C=O) groups excluding carboxylic acids is 1. The largest absolute Gasteiger partial charge is 0.364 e. The molecule has 0 bridgehead atoms. The molecule has 2 aromatic heterocycles. The van der Waals surface area contributed by atoms with E-state index in [-0.39, 0.29) is 11.8 Å². The zero-order valence-corrected chi connectivity index (χ0v) is 12.8. The molecule has 1 aliphatic heterocycles. The van der Waals surface area contributed by atoms with Gasteiger partial charge in [-0.15, -0.1) is 0 Å². The summed E-state index contributed by atoms with van der Waals surface area (Å²) in [6.45, 7) is 1.46. The number of H-pyrrole nitrogens is 1. The Morgan fingerprint density at radius 1 is 1.26 bits per heavy atom. The van der Waals surface area contributed by atoms with Crippen LogP contribution in [0.2, 0.25) is 0 Å². The summed E-state index contributed by atoms with van der Waals surface area (Å²) in [5.74, 6) is 3.87. The van der Waals surface area contributed by atoms with Gasteiger partial charge in [0.05, 0.1) is 0 Å². The molecule has 120 valence electrons. The van der Waals surface area contributed by atoms with E-state index in [1.807, 2.05) is 4.90 Å². The number of hydrogen-bond acceptors (Lipinski definition) is 5. The first kappa shape index (κ1) is 13.3. The molecule has 2 aromatic rings. The number of nitrogens with zero attached hydrogens (tertiary/aromatic N) is 4. The summed E-state index contributed by atoms with van der Waals surface area (Å²) in [5, 5.41) is 11.3. The lowest BCUT2D eigenvalue weighted by molar-refractivity contribution is 0.0774. The van der Waals surface area contributed by atoms with Crippen LogP contribution >= 0.6 is 0 Å². The van der Waals surface area contributed by atoms with Gasteiger partial charge in [-0.2, -0.15) is 5.10 Å². The maximum absolute atomic E-state index is 12.6. The monoisotopic (exact) mass is 313 g/mol. The van der Waals surface area contributed by atoms with Crippen LogP contribution in [0.15, 0.2) is 16.9 Å². The topological polar surface area (TPSA) is 87.9 Å². The molecule has 23 heavy (non-hydrogen) atoms. The third-order valence-corrected chi connectivity index (χ3v) is 5.35. The van der Waals surface area contributed by atoms with Gasteiger partial charge in [-0.25, -0.2) is 4.98 Å². The Bertz CT molecular complexity index is 717. The average molecular weight is 313 g/mol. The van der Waals surface area contributed by atoms with E-state index in [9.17, 15) is 4.79 Å². The van der Waals surface area contributed by atoms with Gasteiger partial charge in [-0.05, 0) is 37.5 Å². The van der Waals surface area contributed by atoms with Crippen molar-refractivity contribution in [3.63, 3.8) is 0 Å². The van der Waals surface area contributed by atoms with Crippen LogP contribution in [0.25, 0.3) is 0 Å². The van der Waals surface area contributed by atoms with Crippen molar-refractivity contribution in [3.05, 3.63) is 29.7 Å². The summed E-state index contributed by atoms with van der Waals surface area (Å²) in [6.07, 6.45) is 6.36. The van der Waals surface area contributed by atoms with Crippen LogP contribution < -0.4 is 0 Å². The molecule has 2 aliphatic carbocycles. The molecule has 7 heteroatoms. The van der Waals surface area contributed by atoms with Crippen molar-refractivity contribution in [2.45, 2.75) is 37.5 Å². The highest BCUT2D eigenvalue weighted by atomic mass is 16.5. The Balaban J connectivity index is 1.39. The van der Waals surface area contributed by atoms with Crippen molar-refractivity contribution in [1.29, 1.82) is 0 Å². The average Bonchev–Trinajstić information content (AvgIpc) is 3.43. The van der Waals surface area contributed by atoms with Crippen molar-refractivity contribution >= 4 is 5.91 Å². The number of likely N-dealkylation sites (tertiary alicyclic amines) is 1. The molecule has 2 atom stereocenters. The molecule has 1 N–H and O–H groups in total. The van der Waals surface area contributed by atoms with Crippen LogP contribution in [-0.2, 0) is 0 Å². The molecule has 7 nitrogen and oxygen atoms in total. The van der Waals surface area contributed by atoms with Gasteiger partial charge in [0.25, 0.3) is 5.91 Å². The lowest BCUT2D eigenvalue weighted by Gasteiger charge is -2.14. The lowest BCUT2D eigenvalue weighted by atomic mass is 9.91. The molecule has 0 aromatic carbocycles. The SMILES string of the molecule is O=C(c1ccon1)N1C[C@H](c2nc(C3CC3)n[nH]2)[C@@H](C2CC2)C1. The molecular formula is C16H19N5O2. The van der Waals surface area contributed by atoms with E-state index < -0.39 is 0 Å². The lowest BCUT2D eigenvalue weighted by Crippen LogP contribution is -2.29. The molecule has 0 spiro atoms. The minimum Gasteiger partial charge on any atom is -0.364 e. The van der Waals surface area contributed by atoms with Crippen LogP contribution in [0, 0.1) is 11.8 Å². The van der Waals surface area contributed by atoms with Crippen LogP contribution in [-0.4, -0.2) is 44.2 Å². The molecule has 5 rings (SSSR count). The third kappa shape index (κ3) is 2.34. The molecule has 3 heterocycles. The van der Waals surface area contributed by atoms with E-state index in [0.717, 1.165) is 18.2 Å². The Morgan fingerprint density at radius 2 is 2.13 bits per heavy atom. The van der Waals surface area contributed by atoms with E-state index in [1.54, 1.807) is 6.07 Å². The third-order valence-electron chi connectivity index (χ3n) is 5.35. The van der Waals surface area contributed by atoms with Crippen LogP contribution in [0.1, 0.15) is 59.7 Å². The Labute approximate surface area is 133 Å². The molecule has 2 saturated carbocycles. The van der Waals surface area contributed by atoms with Crippen LogP contribution in [0.3, 0.4) is 0 Å². The summed E-state index contributed by atoms with van der Waals surface area (Å²) in [7, 11) is 0. The summed E-state index contributed by atoms with van der Waals surface area (Å²) in [6, 6.07) is 1.63. The van der Waals surface area contributed by atoms with E-state index in [4.69, 9.17) is 9.51 Å². The second-order valence-corrected chi connectivity index (χ2v) is 7.06. The van der Waals surface area contributed by atoms with Gasteiger partial charge in [0.1, 0.15) is 12.1 Å². The normalized spacial score (nSPS) is 27.6. The van der Waals surface area contributed by atoms with Crippen molar-refractivity contribution in [2.75, 3.05) is 13.1 Å². The fourth-order valence-electron chi connectivity index (χ4n) is 3.75. The summed E-state index contributed by atoms with van der Waals surface area (Å²) < 4.78 is 4.80. The molecule has 3 fully saturated rings. The maximum atomic E-state index is 12.6. The number of aromatic amines is 1. The Kier molecular flexibility index (Phi) is 2.83. The van der Waals surface area contributed by atoms with E-state index in [1.165, 1.54) is 31.9 Å². The van der Waals surface area contributed by atoms with Crippen molar-refractivity contribution in [1.82, 2.24) is 25.2 Å². The number of nitrogens with one attached hydrogen (secondary N) is 1. The second kappa shape index (κ2) is 4.91. The predicted molar refractivity (Wildman–Crippen MR) is 79.7 cm³/mol. The van der Waals surface area contributed by atoms with Crippen molar-refractivity contribution in [3.8, 4) is 0 Å². The van der Waals surface area contributed by atoms with Gasteiger partial charge in [0.15, 0.2) is 11.5 Å². The van der Waals surface area contributed by atoms with E-state index >= 15 is 0 Å². The highest BCUT2D eigenvalue weighted by Gasteiger charge is 2.46. The quantitative estimate of drug-likeness (QED) is 0.932. The summed E-state index contributed by atoms with van der Waals surface area (Å²) >= 11 is 0. The van der Waals surface area contributed by atoms with Gasteiger partial charge in [-0.1, -0.05) is 5.16 Å². The van der Waals surface area contributed by atoms with Gasteiger partial charge >= 0.3 is 0 Å². The highest BCUT2D eigenvalue weighted by Crippen LogP contribution is 2.47. The van der Waals surface area contributed by atoms with Gasteiger partial charge in [-0.3, -0.25) is 9.89 Å². The van der Waals surface area contributed by atoms with Crippen molar-refractivity contribution < 1.29 is 9.32 Å². The van der Waals surface area contributed by atoms with Gasteiger partial charge in [0, 0.05) is 31.0 Å². The Morgan fingerprint density at radius 3 is 2.83 bits per heavy atom. The number of hydrogen-bond donors (Lipinski definition) is 1. The van der Waals surface area contributed by atoms with Gasteiger partial charge < -0.3 is 9.42 Å². The Hall–Kier alpha value is -2.18. The summed E-state index contributed by atoms with van der Waals surface area (Å²) in [5.41, 5.74) is 0.386. The molecule has 0 radical (unpaired) electrons. The second-order valence-electron chi connectivity index (χ2n) is 7.06. The van der Waals surface area contributed by atoms with Crippen LogP contribution in [0.5, 0.6) is 0 Å². The first-order valence-electron chi connectivity index (χ1n) is 8.41.